The van der Waals surface area contributed by atoms with E-state index >= 15 is 0 Å². The van der Waals surface area contributed by atoms with E-state index in [1.807, 2.05) is 0 Å². The first kappa shape index (κ1) is 45.4. The summed E-state index contributed by atoms with van der Waals surface area (Å²) in [5, 5.41) is 4.97. The van der Waals surface area contributed by atoms with E-state index in [0.29, 0.717) is 0 Å². The number of hydrogen-bond acceptors (Lipinski definition) is 2. The van der Waals surface area contributed by atoms with E-state index in [4.69, 9.17) is 0 Å². The van der Waals surface area contributed by atoms with Gasteiger partial charge in [-0.1, -0.05) is 198 Å². The molecule has 74 heavy (non-hydrogen) atoms. The summed E-state index contributed by atoms with van der Waals surface area (Å²) in [5.74, 6) is 0. The van der Waals surface area contributed by atoms with E-state index in [0.717, 1.165) is 48.4 Å². The zero-order chi connectivity index (χ0) is 50.0. The van der Waals surface area contributed by atoms with Gasteiger partial charge in [0.05, 0.1) is 0 Å². The molecule has 0 aliphatic heterocycles. The smallest absolute Gasteiger partial charge is 0.0465 e. The third-order valence-corrected chi connectivity index (χ3v) is 17.2. The summed E-state index contributed by atoms with van der Waals surface area (Å²) in [6.07, 6.45) is 4.22. The van der Waals surface area contributed by atoms with Gasteiger partial charge in [0.25, 0.3) is 0 Å². The molecular formula is C72H60N2. The largest absolute Gasteiger partial charge is 0.310 e. The summed E-state index contributed by atoms with van der Waals surface area (Å²) in [4.78, 5) is 4.86. The van der Waals surface area contributed by atoms with E-state index < -0.39 is 0 Å². The van der Waals surface area contributed by atoms with Crippen LogP contribution in [0.2, 0.25) is 0 Å². The molecule has 2 aliphatic carbocycles. The third kappa shape index (κ3) is 6.92. The molecule has 0 unspecified atom stereocenters. The first-order valence-corrected chi connectivity index (χ1v) is 26.8. The number of para-hydroxylation sites is 2. The Kier molecular flexibility index (Phi) is 11.2. The van der Waals surface area contributed by atoms with Crippen LogP contribution in [-0.4, -0.2) is 0 Å². The number of benzene rings is 11. The molecule has 0 bridgehead atoms. The van der Waals surface area contributed by atoms with Gasteiger partial charge in [0, 0.05) is 45.0 Å². The van der Waals surface area contributed by atoms with Gasteiger partial charge in [0.15, 0.2) is 0 Å². The Morgan fingerprint density at radius 1 is 0.257 bits per heavy atom. The van der Waals surface area contributed by atoms with Crippen molar-refractivity contribution < 1.29 is 0 Å². The molecule has 2 aliphatic rings. The standard InChI is InChI=1S/C72H60N2/c1-5-71(6-2)65-33-21-19-27-57(65)59-45-43-55(47-67(59)71)73(51-23-11-9-12-24-51)53-39-35-49(36-40-53)69-61-29-15-17-31-63(61)70(64-32-18-16-30-62(64)69)50-37-41-54(42-38-50)74(52-25-13-10-14-26-52)56-44-46-60-58-28-20-22-34-66(58)72(7-3,8-4)68(60)48-56/h9-48H,5-8H2,1-4H3. The molecule has 11 aromatic rings. The zero-order valence-corrected chi connectivity index (χ0v) is 42.8. The van der Waals surface area contributed by atoms with E-state index in [-0.39, 0.29) is 10.8 Å². The molecule has 0 amide bonds. The van der Waals surface area contributed by atoms with Crippen molar-refractivity contribution >= 4 is 55.7 Å². The summed E-state index contributed by atoms with van der Waals surface area (Å²) >= 11 is 0. The van der Waals surface area contributed by atoms with E-state index in [1.54, 1.807) is 0 Å². The highest BCUT2D eigenvalue weighted by Gasteiger charge is 2.42. The molecule has 13 rings (SSSR count). The maximum Gasteiger partial charge on any atom is 0.0465 e. The molecule has 2 heteroatoms. The minimum atomic E-state index is -0.0135. The minimum absolute atomic E-state index is 0.0135. The molecule has 0 saturated carbocycles. The SMILES string of the molecule is CCC1(CC)c2ccccc2-c2ccc(N(c3ccccc3)c3ccc(-c4c5ccccc5c(-c5ccc(N(c6ccccc6)c6ccc7c(c6)C(CC)(CC)c6ccccc6-7)cc5)c5ccccc45)cc3)cc21. The van der Waals surface area contributed by atoms with Crippen LogP contribution >= 0.6 is 0 Å². The van der Waals surface area contributed by atoms with Gasteiger partial charge < -0.3 is 9.80 Å². The van der Waals surface area contributed by atoms with Crippen molar-refractivity contribution in [1.82, 2.24) is 0 Å². The minimum Gasteiger partial charge on any atom is -0.310 e. The van der Waals surface area contributed by atoms with Crippen LogP contribution in [0.5, 0.6) is 0 Å². The van der Waals surface area contributed by atoms with Crippen LogP contribution in [0.25, 0.3) is 66.1 Å². The predicted octanol–water partition coefficient (Wildman–Crippen LogP) is 20.4. The molecule has 358 valence electrons. The number of nitrogens with zero attached hydrogens (tertiary/aromatic N) is 2. The topological polar surface area (TPSA) is 6.48 Å². The molecule has 0 spiro atoms. The quantitative estimate of drug-likeness (QED) is 0.113. The molecule has 0 fully saturated rings. The second-order valence-corrected chi connectivity index (χ2v) is 20.4. The van der Waals surface area contributed by atoms with E-state index in [1.165, 1.54) is 99.7 Å². The fraction of sp³-hybridized carbons (Fsp3) is 0.139. The highest BCUT2D eigenvalue weighted by Crippen LogP contribution is 2.56. The lowest BCUT2D eigenvalue weighted by Crippen LogP contribution is -2.23. The van der Waals surface area contributed by atoms with Gasteiger partial charge in [-0.2, -0.15) is 0 Å². The fourth-order valence-corrected chi connectivity index (χ4v) is 13.5. The average Bonchev–Trinajstić information content (AvgIpc) is 3.98. The van der Waals surface area contributed by atoms with Crippen molar-refractivity contribution in [2.45, 2.75) is 64.2 Å². The highest BCUT2D eigenvalue weighted by molar-refractivity contribution is 6.21. The number of hydrogen-bond donors (Lipinski definition) is 0. The fourth-order valence-electron chi connectivity index (χ4n) is 13.5. The maximum absolute atomic E-state index is 2.48. The van der Waals surface area contributed by atoms with Gasteiger partial charge in [-0.05, 0) is 187 Å². The third-order valence-electron chi connectivity index (χ3n) is 17.2. The Bertz CT molecular complexity index is 3570. The van der Waals surface area contributed by atoms with Crippen molar-refractivity contribution in [3.8, 4) is 44.5 Å². The van der Waals surface area contributed by atoms with Crippen molar-refractivity contribution in [3.05, 3.63) is 265 Å². The normalized spacial score (nSPS) is 13.6. The number of fused-ring (bicyclic) bond motifs is 8. The van der Waals surface area contributed by atoms with Crippen LogP contribution < -0.4 is 9.80 Å². The van der Waals surface area contributed by atoms with Gasteiger partial charge >= 0.3 is 0 Å². The van der Waals surface area contributed by atoms with Crippen molar-refractivity contribution in [1.29, 1.82) is 0 Å². The Balaban J connectivity index is 0.897. The van der Waals surface area contributed by atoms with Gasteiger partial charge in [0.2, 0.25) is 0 Å². The Morgan fingerprint density at radius 3 is 0.892 bits per heavy atom. The molecule has 0 N–H and O–H groups in total. The molecule has 0 atom stereocenters. The van der Waals surface area contributed by atoms with E-state index in [9.17, 15) is 0 Å². The Hall–Kier alpha value is -8.46. The summed E-state index contributed by atoms with van der Waals surface area (Å²) in [5.41, 5.74) is 23.0. The molecule has 0 heterocycles. The van der Waals surface area contributed by atoms with Crippen molar-refractivity contribution in [3.63, 3.8) is 0 Å². The molecule has 0 aromatic heterocycles. The molecule has 11 aromatic carbocycles. The monoisotopic (exact) mass is 952 g/mol. The second-order valence-electron chi connectivity index (χ2n) is 20.4. The zero-order valence-electron chi connectivity index (χ0n) is 42.8. The van der Waals surface area contributed by atoms with Crippen LogP contribution in [0.15, 0.2) is 243 Å². The average molecular weight is 953 g/mol. The van der Waals surface area contributed by atoms with Gasteiger partial charge in [0.1, 0.15) is 0 Å². The molecule has 0 radical (unpaired) electrons. The van der Waals surface area contributed by atoms with Crippen LogP contribution in [0, 0.1) is 0 Å². The predicted molar refractivity (Wildman–Crippen MR) is 315 cm³/mol. The van der Waals surface area contributed by atoms with Gasteiger partial charge in [-0.3, -0.25) is 0 Å². The van der Waals surface area contributed by atoms with Crippen molar-refractivity contribution in [2.75, 3.05) is 9.80 Å². The van der Waals surface area contributed by atoms with Crippen molar-refractivity contribution in [2.24, 2.45) is 0 Å². The van der Waals surface area contributed by atoms with Crippen LogP contribution in [0.4, 0.5) is 34.1 Å². The lowest BCUT2D eigenvalue weighted by atomic mass is 9.74. The first-order valence-electron chi connectivity index (χ1n) is 26.8. The van der Waals surface area contributed by atoms with Gasteiger partial charge in [-0.25, -0.2) is 0 Å². The Morgan fingerprint density at radius 2 is 0.541 bits per heavy atom. The number of anilines is 6. The lowest BCUT2D eigenvalue weighted by molar-refractivity contribution is 0.490. The van der Waals surface area contributed by atoms with Crippen LogP contribution in [-0.2, 0) is 10.8 Å². The Labute approximate surface area is 436 Å². The maximum atomic E-state index is 2.48. The number of rotatable bonds is 12. The first-order chi connectivity index (χ1) is 36.5. The molecule has 0 saturated heterocycles. The second kappa shape index (κ2) is 18.2. The molecular weight excluding hydrogens is 893 g/mol. The lowest BCUT2D eigenvalue weighted by Gasteiger charge is -2.31. The van der Waals surface area contributed by atoms with E-state index in [2.05, 4.69) is 280 Å². The van der Waals surface area contributed by atoms with Gasteiger partial charge in [-0.15, -0.1) is 0 Å². The summed E-state index contributed by atoms with van der Waals surface area (Å²) in [6, 6.07) is 90.7. The van der Waals surface area contributed by atoms with Crippen LogP contribution in [0.3, 0.4) is 0 Å². The summed E-state index contributed by atoms with van der Waals surface area (Å²) in [6.45, 7) is 9.40. The summed E-state index contributed by atoms with van der Waals surface area (Å²) < 4.78 is 0. The summed E-state index contributed by atoms with van der Waals surface area (Å²) in [7, 11) is 0. The highest BCUT2D eigenvalue weighted by atomic mass is 15.1. The van der Waals surface area contributed by atoms with Crippen LogP contribution in [0.1, 0.15) is 75.6 Å². The molecule has 2 nitrogen and oxygen atoms in total.